The van der Waals surface area contributed by atoms with Crippen LogP contribution in [0.2, 0.25) is 0 Å². The van der Waals surface area contributed by atoms with Crippen LogP contribution >= 0.6 is 0 Å². The van der Waals surface area contributed by atoms with Crippen molar-refractivity contribution in [3.8, 4) is 0 Å². The number of benzene rings is 2. The highest BCUT2D eigenvalue weighted by Crippen LogP contribution is 2.16. The molecule has 0 aliphatic carbocycles. The van der Waals surface area contributed by atoms with E-state index in [4.69, 9.17) is 0 Å². The third-order valence-electron chi connectivity index (χ3n) is 4.69. The van der Waals surface area contributed by atoms with E-state index in [9.17, 15) is 23.9 Å². The van der Waals surface area contributed by atoms with Crippen LogP contribution in [0.1, 0.15) is 29.2 Å². The molecule has 0 bridgehead atoms. The minimum absolute atomic E-state index is 0.0406. The molecule has 0 saturated heterocycles. The molecular weight excluding hydrogens is 375 g/mol. The maximum absolute atomic E-state index is 13.4. The topological polar surface area (TPSA) is 95.5 Å². The molecule has 2 rings (SSSR count). The van der Waals surface area contributed by atoms with Gasteiger partial charge in [-0.05, 0) is 48.2 Å². The highest BCUT2D eigenvalue weighted by Gasteiger charge is 2.27. The second kappa shape index (κ2) is 9.82. The van der Waals surface area contributed by atoms with E-state index < -0.39 is 35.7 Å². The van der Waals surface area contributed by atoms with Crippen LogP contribution in [0.15, 0.2) is 42.5 Å². The van der Waals surface area contributed by atoms with Crippen molar-refractivity contribution < 1.29 is 23.9 Å². The second-order valence-electron chi connectivity index (χ2n) is 7.06. The van der Waals surface area contributed by atoms with E-state index in [1.165, 1.54) is 25.1 Å². The van der Waals surface area contributed by atoms with Gasteiger partial charge in [-0.15, -0.1) is 0 Å². The first-order valence-corrected chi connectivity index (χ1v) is 9.27. The smallest absolute Gasteiger partial charge is 0.326 e. The summed E-state index contributed by atoms with van der Waals surface area (Å²) in [6.07, 6.45) is 0.158. The van der Waals surface area contributed by atoms with Gasteiger partial charge in [0.05, 0.1) is 0 Å². The largest absolute Gasteiger partial charge is 0.480 e. The number of amides is 2. The lowest BCUT2D eigenvalue weighted by atomic mass is 9.96. The molecular formula is C22H25FN2O4. The molecule has 2 atom stereocenters. The van der Waals surface area contributed by atoms with Crippen LogP contribution in [-0.4, -0.2) is 35.0 Å². The first-order chi connectivity index (χ1) is 13.7. The van der Waals surface area contributed by atoms with Crippen LogP contribution in [0.5, 0.6) is 0 Å². The number of hydrogen-bond acceptors (Lipinski definition) is 3. The highest BCUT2D eigenvalue weighted by molar-refractivity contribution is 5.90. The first kappa shape index (κ1) is 22.1. The predicted molar refractivity (Wildman–Crippen MR) is 107 cm³/mol. The van der Waals surface area contributed by atoms with Gasteiger partial charge in [-0.1, -0.05) is 30.3 Å². The molecule has 0 radical (unpaired) electrons. The molecule has 0 saturated carbocycles. The van der Waals surface area contributed by atoms with Gasteiger partial charge in [-0.3, -0.25) is 9.59 Å². The standard InChI is InChI=1S/C22H25FN2O4/c1-13-6-4-7-14(2)18(13)12-20(22(28)29)25-21(27)19(24-15(3)26)11-16-8-5-9-17(23)10-16/h4-10,19-20H,11-12H2,1-3H3,(H,24,26)(H,25,27)(H,28,29)/t19-,20-/m0/s1. The lowest BCUT2D eigenvalue weighted by molar-refractivity contribution is -0.142. The molecule has 29 heavy (non-hydrogen) atoms. The van der Waals surface area contributed by atoms with Gasteiger partial charge in [0.15, 0.2) is 0 Å². The van der Waals surface area contributed by atoms with E-state index >= 15 is 0 Å². The maximum atomic E-state index is 13.4. The molecule has 0 spiro atoms. The molecule has 2 aromatic carbocycles. The van der Waals surface area contributed by atoms with E-state index in [2.05, 4.69) is 10.6 Å². The summed E-state index contributed by atoms with van der Waals surface area (Å²) in [5.74, 6) is -2.71. The van der Waals surface area contributed by atoms with Crippen LogP contribution < -0.4 is 10.6 Å². The van der Waals surface area contributed by atoms with Gasteiger partial charge in [0.25, 0.3) is 0 Å². The summed E-state index contributed by atoms with van der Waals surface area (Å²) in [5, 5.41) is 14.6. The Kier molecular flexibility index (Phi) is 7.47. The number of nitrogens with one attached hydrogen (secondary N) is 2. The number of halogens is 1. The minimum atomic E-state index is -1.17. The number of carboxylic acid groups (broad SMARTS) is 1. The maximum Gasteiger partial charge on any atom is 0.326 e. The summed E-state index contributed by atoms with van der Waals surface area (Å²) in [6, 6.07) is 9.16. The molecule has 7 heteroatoms. The van der Waals surface area contributed by atoms with E-state index in [1.807, 2.05) is 32.0 Å². The molecule has 6 nitrogen and oxygen atoms in total. The number of aliphatic carboxylic acids is 1. The molecule has 0 aromatic heterocycles. The van der Waals surface area contributed by atoms with E-state index in [0.717, 1.165) is 16.7 Å². The number of aryl methyl sites for hydroxylation is 2. The number of rotatable bonds is 8. The average Bonchev–Trinajstić information content (AvgIpc) is 2.62. The molecule has 0 aliphatic rings. The summed E-state index contributed by atoms with van der Waals surface area (Å²) in [4.78, 5) is 36.1. The molecule has 3 N–H and O–H groups in total. The summed E-state index contributed by atoms with van der Waals surface area (Å²) < 4.78 is 13.4. The van der Waals surface area contributed by atoms with Crippen molar-refractivity contribution in [3.05, 3.63) is 70.5 Å². The summed E-state index contributed by atoms with van der Waals surface area (Å²) >= 11 is 0. The lowest BCUT2D eigenvalue weighted by Gasteiger charge is -2.22. The van der Waals surface area contributed by atoms with E-state index in [-0.39, 0.29) is 12.8 Å². The van der Waals surface area contributed by atoms with Gasteiger partial charge in [0, 0.05) is 19.8 Å². The Morgan fingerprint density at radius 1 is 0.966 bits per heavy atom. The van der Waals surface area contributed by atoms with E-state index in [0.29, 0.717) is 5.56 Å². The van der Waals surface area contributed by atoms with Crippen LogP contribution in [-0.2, 0) is 27.2 Å². The Balaban J connectivity index is 2.19. The van der Waals surface area contributed by atoms with Crippen molar-refractivity contribution >= 4 is 17.8 Å². The Bertz CT molecular complexity index is 893. The molecule has 0 aliphatic heterocycles. The Morgan fingerprint density at radius 3 is 2.14 bits per heavy atom. The number of carboxylic acids is 1. The van der Waals surface area contributed by atoms with Gasteiger partial charge < -0.3 is 15.7 Å². The fourth-order valence-corrected chi connectivity index (χ4v) is 3.20. The predicted octanol–water partition coefficient (Wildman–Crippen LogP) is 2.30. The van der Waals surface area contributed by atoms with Gasteiger partial charge in [0.2, 0.25) is 11.8 Å². The zero-order chi connectivity index (χ0) is 21.6. The van der Waals surface area contributed by atoms with Crippen molar-refractivity contribution in [3.63, 3.8) is 0 Å². The monoisotopic (exact) mass is 400 g/mol. The molecule has 2 aromatic rings. The summed E-state index contributed by atoms with van der Waals surface area (Å²) in [7, 11) is 0. The second-order valence-corrected chi connectivity index (χ2v) is 7.06. The fourth-order valence-electron chi connectivity index (χ4n) is 3.20. The van der Waals surface area contributed by atoms with Crippen molar-refractivity contribution in [1.29, 1.82) is 0 Å². The van der Waals surface area contributed by atoms with Gasteiger partial charge >= 0.3 is 5.97 Å². The van der Waals surface area contributed by atoms with Gasteiger partial charge in [0.1, 0.15) is 17.9 Å². The quantitative estimate of drug-likeness (QED) is 0.634. The highest BCUT2D eigenvalue weighted by atomic mass is 19.1. The van der Waals surface area contributed by atoms with Crippen molar-refractivity contribution in [2.45, 2.75) is 45.7 Å². The summed E-state index contributed by atoms with van der Waals surface area (Å²) in [5.41, 5.74) is 3.23. The zero-order valence-electron chi connectivity index (χ0n) is 16.7. The first-order valence-electron chi connectivity index (χ1n) is 9.27. The number of hydrogen-bond donors (Lipinski definition) is 3. The summed E-state index contributed by atoms with van der Waals surface area (Å²) in [6.45, 7) is 5.03. The Hall–Kier alpha value is -3.22. The van der Waals surface area contributed by atoms with Crippen LogP contribution in [0.4, 0.5) is 4.39 Å². The SMILES string of the molecule is CC(=O)N[C@@H](Cc1cccc(F)c1)C(=O)N[C@@H](Cc1c(C)cccc1C)C(=O)O. The van der Waals surface area contributed by atoms with Crippen LogP contribution in [0.25, 0.3) is 0 Å². The lowest BCUT2D eigenvalue weighted by Crippen LogP contribution is -2.52. The third-order valence-corrected chi connectivity index (χ3v) is 4.69. The molecule has 154 valence electrons. The Morgan fingerprint density at radius 2 is 1.59 bits per heavy atom. The van der Waals surface area contributed by atoms with Crippen molar-refractivity contribution in [2.75, 3.05) is 0 Å². The van der Waals surface area contributed by atoms with Crippen molar-refractivity contribution in [1.82, 2.24) is 10.6 Å². The molecule has 0 heterocycles. The molecule has 0 fully saturated rings. The minimum Gasteiger partial charge on any atom is -0.480 e. The van der Waals surface area contributed by atoms with Gasteiger partial charge in [-0.25, -0.2) is 9.18 Å². The number of carbonyl (C=O) groups excluding carboxylic acids is 2. The zero-order valence-corrected chi connectivity index (χ0v) is 16.7. The molecule has 0 unspecified atom stereocenters. The van der Waals surface area contributed by atoms with Crippen molar-refractivity contribution in [2.24, 2.45) is 0 Å². The van der Waals surface area contributed by atoms with Crippen LogP contribution in [0, 0.1) is 19.7 Å². The molecule has 2 amide bonds. The Labute approximate surface area is 169 Å². The van der Waals surface area contributed by atoms with Gasteiger partial charge in [-0.2, -0.15) is 0 Å². The number of carbonyl (C=O) groups is 3. The van der Waals surface area contributed by atoms with E-state index in [1.54, 1.807) is 6.07 Å². The third kappa shape index (κ3) is 6.41. The van der Waals surface area contributed by atoms with Crippen LogP contribution in [0.3, 0.4) is 0 Å². The average molecular weight is 400 g/mol. The normalized spacial score (nSPS) is 12.7. The fraction of sp³-hybridized carbons (Fsp3) is 0.318.